The van der Waals surface area contributed by atoms with Crippen molar-refractivity contribution in [2.24, 2.45) is 0 Å². The van der Waals surface area contributed by atoms with Gasteiger partial charge in [-0.1, -0.05) is 6.07 Å². The number of hydrogen-bond acceptors (Lipinski definition) is 5. The van der Waals surface area contributed by atoms with Crippen LogP contribution in [0.5, 0.6) is 0 Å². The molecule has 0 spiro atoms. The summed E-state index contributed by atoms with van der Waals surface area (Å²) >= 11 is 0. The van der Waals surface area contributed by atoms with Crippen LogP contribution < -0.4 is 11.1 Å². The fourth-order valence-electron chi connectivity index (χ4n) is 1.31. The molecule has 2 heterocycles. The lowest BCUT2D eigenvalue weighted by molar-refractivity contribution is 1.01. The zero-order valence-corrected chi connectivity index (χ0v) is 9.01. The lowest BCUT2D eigenvalue weighted by Crippen LogP contribution is -2.06. The molecule has 0 unspecified atom stereocenters. The summed E-state index contributed by atoms with van der Waals surface area (Å²) in [6.07, 6.45) is 3.46. The van der Waals surface area contributed by atoms with Crippen LogP contribution in [0.2, 0.25) is 0 Å². The van der Waals surface area contributed by atoms with Crippen molar-refractivity contribution >= 4 is 11.8 Å². The molecule has 0 atom stereocenters. The Kier molecular flexibility index (Phi) is 2.95. The van der Waals surface area contributed by atoms with E-state index < -0.39 is 0 Å². The van der Waals surface area contributed by atoms with E-state index >= 15 is 0 Å². The Morgan fingerprint density at radius 3 is 2.94 bits per heavy atom. The zero-order valence-electron chi connectivity index (χ0n) is 9.01. The van der Waals surface area contributed by atoms with Gasteiger partial charge >= 0.3 is 0 Å². The van der Waals surface area contributed by atoms with Crippen LogP contribution in [0, 0.1) is 6.92 Å². The van der Waals surface area contributed by atoms with Gasteiger partial charge in [0.15, 0.2) is 0 Å². The zero-order chi connectivity index (χ0) is 11.4. The molecule has 0 aromatic carbocycles. The number of rotatable bonds is 3. The molecule has 0 saturated carbocycles. The van der Waals surface area contributed by atoms with E-state index in [0.717, 1.165) is 17.1 Å². The second-order valence-corrected chi connectivity index (χ2v) is 3.43. The Morgan fingerprint density at radius 1 is 1.31 bits per heavy atom. The second kappa shape index (κ2) is 4.57. The molecule has 0 aliphatic heterocycles. The van der Waals surface area contributed by atoms with Gasteiger partial charge in [-0.25, -0.2) is 4.98 Å². The van der Waals surface area contributed by atoms with Crippen LogP contribution >= 0.6 is 0 Å². The lowest BCUT2D eigenvalue weighted by atomic mass is 10.3. The number of anilines is 2. The van der Waals surface area contributed by atoms with E-state index in [1.165, 1.54) is 0 Å². The molecule has 0 amide bonds. The van der Waals surface area contributed by atoms with E-state index in [2.05, 4.69) is 20.3 Å². The van der Waals surface area contributed by atoms with Gasteiger partial charge in [0.2, 0.25) is 5.95 Å². The minimum absolute atomic E-state index is 0.272. The molecule has 2 rings (SSSR count). The average Bonchev–Trinajstić information content (AvgIpc) is 2.32. The number of nitrogens with two attached hydrogens (primary N) is 1. The first-order valence-corrected chi connectivity index (χ1v) is 4.98. The minimum Gasteiger partial charge on any atom is -0.368 e. The molecule has 0 bridgehead atoms. The summed E-state index contributed by atoms with van der Waals surface area (Å²) in [7, 11) is 0. The molecule has 0 aliphatic rings. The molecule has 5 nitrogen and oxygen atoms in total. The van der Waals surface area contributed by atoms with Crippen LogP contribution in [0.4, 0.5) is 11.8 Å². The summed E-state index contributed by atoms with van der Waals surface area (Å²) in [6.45, 7) is 2.55. The number of nitrogens with one attached hydrogen (secondary N) is 1. The topological polar surface area (TPSA) is 76.7 Å². The van der Waals surface area contributed by atoms with E-state index in [9.17, 15) is 0 Å². The Morgan fingerprint density at radius 2 is 2.19 bits per heavy atom. The molecular weight excluding hydrogens is 202 g/mol. The summed E-state index contributed by atoms with van der Waals surface area (Å²) in [5, 5.41) is 3.18. The predicted molar refractivity (Wildman–Crippen MR) is 62.7 cm³/mol. The smallest absolute Gasteiger partial charge is 0.221 e. The average molecular weight is 215 g/mol. The molecule has 2 aromatic rings. The largest absolute Gasteiger partial charge is 0.368 e. The van der Waals surface area contributed by atoms with Gasteiger partial charge < -0.3 is 11.1 Å². The van der Waals surface area contributed by atoms with Crippen molar-refractivity contribution in [2.75, 3.05) is 11.1 Å². The molecular formula is C11H13N5. The van der Waals surface area contributed by atoms with E-state index in [1.807, 2.05) is 25.1 Å². The second-order valence-electron chi connectivity index (χ2n) is 3.43. The molecule has 3 N–H and O–H groups in total. The maximum atomic E-state index is 5.52. The van der Waals surface area contributed by atoms with Gasteiger partial charge in [-0.2, -0.15) is 4.98 Å². The number of aryl methyl sites for hydroxylation is 1. The number of nitrogen functional groups attached to an aromatic ring is 1. The maximum Gasteiger partial charge on any atom is 0.221 e. The molecule has 0 fully saturated rings. The first kappa shape index (κ1) is 10.4. The van der Waals surface area contributed by atoms with Crippen molar-refractivity contribution in [3.8, 4) is 0 Å². The normalized spacial score (nSPS) is 10.1. The van der Waals surface area contributed by atoms with Gasteiger partial charge in [0, 0.05) is 18.0 Å². The van der Waals surface area contributed by atoms with Crippen molar-refractivity contribution in [3.05, 3.63) is 41.9 Å². The van der Waals surface area contributed by atoms with E-state index in [4.69, 9.17) is 5.73 Å². The fraction of sp³-hybridized carbons (Fsp3) is 0.182. The highest BCUT2D eigenvalue weighted by Crippen LogP contribution is 2.11. The van der Waals surface area contributed by atoms with Gasteiger partial charge in [-0.05, 0) is 19.1 Å². The van der Waals surface area contributed by atoms with Crippen LogP contribution in [-0.2, 0) is 6.54 Å². The summed E-state index contributed by atoms with van der Waals surface area (Å²) in [5.41, 5.74) is 7.44. The Labute approximate surface area is 93.8 Å². The molecule has 82 valence electrons. The Balaban J connectivity index is 2.08. The van der Waals surface area contributed by atoms with Gasteiger partial charge in [0.1, 0.15) is 5.82 Å². The van der Waals surface area contributed by atoms with E-state index in [-0.39, 0.29) is 5.95 Å². The van der Waals surface area contributed by atoms with Crippen LogP contribution in [0.15, 0.2) is 30.6 Å². The lowest BCUT2D eigenvalue weighted by Gasteiger charge is -2.07. The molecule has 0 saturated heterocycles. The quantitative estimate of drug-likeness (QED) is 0.808. The Bertz CT molecular complexity index is 469. The molecule has 0 aliphatic carbocycles. The van der Waals surface area contributed by atoms with Crippen molar-refractivity contribution < 1.29 is 0 Å². The maximum absolute atomic E-state index is 5.52. The summed E-state index contributed by atoms with van der Waals surface area (Å²) in [6, 6.07) is 5.79. The Hall–Kier alpha value is -2.17. The van der Waals surface area contributed by atoms with Crippen molar-refractivity contribution in [1.82, 2.24) is 15.0 Å². The third-order valence-corrected chi connectivity index (χ3v) is 2.15. The number of nitrogens with zero attached hydrogens (tertiary/aromatic N) is 3. The molecule has 2 aromatic heterocycles. The van der Waals surface area contributed by atoms with Crippen molar-refractivity contribution in [3.63, 3.8) is 0 Å². The molecule has 0 radical (unpaired) electrons. The molecule has 16 heavy (non-hydrogen) atoms. The van der Waals surface area contributed by atoms with Crippen LogP contribution in [0.3, 0.4) is 0 Å². The first-order chi connectivity index (χ1) is 7.75. The van der Waals surface area contributed by atoms with Crippen LogP contribution in [-0.4, -0.2) is 15.0 Å². The predicted octanol–water partition coefficient (Wildman–Crippen LogP) is 1.37. The molecule has 5 heteroatoms. The summed E-state index contributed by atoms with van der Waals surface area (Å²) in [4.78, 5) is 12.2. The first-order valence-electron chi connectivity index (χ1n) is 4.98. The van der Waals surface area contributed by atoms with E-state index in [0.29, 0.717) is 6.54 Å². The highest BCUT2D eigenvalue weighted by atomic mass is 15.1. The number of aromatic nitrogens is 3. The van der Waals surface area contributed by atoms with Gasteiger partial charge in [0.05, 0.1) is 12.2 Å². The van der Waals surface area contributed by atoms with E-state index in [1.54, 1.807) is 12.4 Å². The van der Waals surface area contributed by atoms with Crippen LogP contribution in [0.25, 0.3) is 0 Å². The third-order valence-electron chi connectivity index (χ3n) is 2.15. The number of hydrogen-bond donors (Lipinski definition) is 2. The van der Waals surface area contributed by atoms with Crippen LogP contribution in [0.1, 0.15) is 11.3 Å². The van der Waals surface area contributed by atoms with Crippen molar-refractivity contribution in [2.45, 2.75) is 13.5 Å². The standard InChI is InChI=1S/C11H13N5/c1-8-6-15-11(12)16-10(8)14-7-9-4-2-3-5-13-9/h2-6H,7H2,1H3,(H3,12,14,15,16). The summed E-state index contributed by atoms with van der Waals surface area (Å²) in [5.74, 6) is 1.02. The highest BCUT2D eigenvalue weighted by Gasteiger charge is 2.01. The monoisotopic (exact) mass is 215 g/mol. The fourth-order valence-corrected chi connectivity index (χ4v) is 1.31. The van der Waals surface area contributed by atoms with Gasteiger partial charge in [-0.3, -0.25) is 4.98 Å². The number of pyridine rings is 1. The van der Waals surface area contributed by atoms with Gasteiger partial charge in [0.25, 0.3) is 0 Å². The summed E-state index contributed by atoms with van der Waals surface area (Å²) < 4.78 is 0. The van der Waals surface area contributed by atoms with Gasteiger partial charge in [-0.15, -0.1) is 0 Å². The van der Waals surface area contributed by atoms with Crippen molar-refractivity contribution in [1.29, 1.82) is 0 Å². The third kappa shape index (κ3) is 2.44. The SMILES string of the molecule is Cc1cnc(N)nc1NCc1ccccn1. The minimum atomic E-state index is 0.272. The highest BCUT2D eigenvalue weighted by molar-refractivity contribution is 5.45.